The van der Waals surface area contributed by atoms with Crippen molar-refractivity contribution in [1.29, 1.82) is 0 Å². The Kier molecular flexibility index (Phi) is 4.40. The Balaban J connectivity index is 2.55. The van der Waals surface area contributed by atoms with Gasteiger partial charge in [0.25, 0.3) is 5.69 Å². The Bertz CT molecular complexity index is 668. The maximum atomic E-state index is 12.1. The first kappa shape index (κ1) is 15.5. The van der Waals surface area contributed by atoms with Crippen molar-refractivity contribution < 1.29 is 19.2 Å². The Morgan fingerprint density at radius 1 is 1.41 bits per heavy atom. The number of nitro benzene ring substituents is 1. The quantitative estimate of drug-likeness (QED) is 0.500. The highest BCUT2D eigenvalue weighted by Crippen LogP contribution is 2.33. The van der Waals surface area contributed by atoms with Gasteiger partial charge in [0.05, 0.1) is 28.7 Å². The van der Waals surface area contributed by atoms with Crippen LogP contribution < -0.4 is 10.6 Å². The number of hydrogen-bond acceptors (Lipinski definition) is 5. The molecule has 2 rings (SSSR count). The van der Waals surface area contributed by atoms with Crippen molar-refractivity contribution in [3.63, 3.8) is 0 Å². The average Bonchev–Trinajstić information content (AvgIpc) is 2.46. The molecule has 1 aliphatic rings. The third-order valence-corrected chi connectivity index (χ3v) is 3.21. The van der Waals surface area contributed by atoms with Gasteiger partial charge in [-0.1, -0.05) is 12.1 Å². The predicted molar refractivity (Wildman–Crippen MR) is 76.8 cm³/mol. The Morgan fingerprint density at radius 3 is 2.73 bits per heavy atom. The summed E-state index contributed by atoms with van der Waals surface area (Å²) in [6.07, 6.45) is 0. The lowest BCUT2D eigenvalue weighted by Gasteiger charge is -2.27. The molecule has 0 radical (unpaired) electrons. The monoisotopic (exact) mass is 305 g/mol. The molecule has 1 aliphatic heterocycles. The zero-order chi connectivity index (χ0) is 16.3. The van der Waals surface area contributed by atoms with Gasteiger partial charge < -0.3 is 15.4 Å². The minimum Gasteiger partial charge on any atom is -0.463 e. The number of ether oxygens (including phenoxy) is 1. The number of rotatable bonds is 4. The minimum atomic E-state index is -0.936. The van der Waals surface area contributed by atoms with Crippen LogP contribution in [0.1, 0.15) is 25.5 Å². The molecule has 1 heterocycles. The average molecular weight is 305 g/mol. The molecule has 0 aromatic heterocycles. The van der Waals surface area contributed by atoms with E-state index in [1.54, 1.807) is 19.9 Å². The molecule has 2 N–H and O–H groups in total. The Labute approximate surface area is 126 Å². The lowest BCUT2D eigenvalue weighted by atomic mass is 9.94. The van der Waals surface area contributed by atoms with Crippen LogP contribution in [-0.2, 0) is 9.53 Å². The van der Waals surface area contributed by atoms with Gasteiger partial charge in [-0.15, -0.1) is 0 Å². The highest BCUT2D eigenvalue weighted by Gasteiger charge is 2.35. The molecule has 0 bridgehead atoms. The van der Waals surface area contributed by atoms with Gasteiger partial charge in [0.15, 0.2) is 0 Å². The Hall–Kier alpha value is -2.90. The smallest absolute Gasteiger partial charge is 0.338 e. The fraction of sp³-hybridized carbons (Fsp3) is 0.286. The summed E-state index contributed by atoms with van der Waals surface area (Å²) < 4.78 is 4.98. The fourth-order valence-corrected chi connectivity index (χ4v) is 2.30. The summed E-state index contributed by atoms with van der Waals surface area (Å²) in [5.41, 5.74) is 0.509. The van der Waals surface area contributed by atoms with Crippen LogP contribution in [0.25, 0.3) is 0 Å². The lowest BCUT2D eigenvalue weighted by Crippen LogP contribution is -2.45. The van der Waals surface area contributed by atoms with Crippen molar-refractivity contribution in [3.8, 4) is 0 Å². The molecule has 0 saturated heterocycles. The number of benzene rings is 1. The highest BCUT2D eigenvalue weighted by atomic mass is 16.6. The maximum absolute atomic E-state index is 12.1. The van der Waals surface area contributed by atoms with E-state index in [0.717, 1.165) is 0 Å². The summed E-state index contributed by atoms with van der Waals surface area (Å²) in [6, 6.07) is 4.48. The van der Waals surface area contributed by atoms with Crippen LogP contribution in [0, 0.1) is 10.1 Å². The summed E-state index contributed by atoms with van der Waals surface area (Å²) in [7, 11) is 0. The number of nitro groups is 1. The van der Waals surface area contributed by atoms with Crippen molar-refractivity contribution in [2.75, 3.05) is 6.61 Å². The summed E-state index contributed by atoms with van der Waals surface area (Å²) in [6.45, 7) is 3.36. The van der Waals surface area contributed by atoms with Crippen LogP contribution in [0.15, 0.2) is 35.5 Å². The topological polar surface area (TPSA) is 111 Å². The van der Waals surface area contributed by atoms with E-state index < -0.39 is 23.0 Å². The molecule has 22 heavy (non-hydrogen) atoms. The molecule has 0 spiro atoms. The predicted octanol–water partition coefficient (Wildman–Crippen LogP) is 1.79. The SMILES string of the molecule is CCOC(=O)C1=C(C)NC(=O)N[C@H]1c1ccccc1[N+](=O)[O-]. The summed E-state index contributed by atoms with van der Waals surface area (Å²) in [5.74, 6) is -0.629. The standard InChI is InChI=1S/C14H15N3O5/c1-3-22-13(18)11-8(2)15-14(19)16-12(11)9-6-4-5-7-10(9)17(20)21/h4-7,12H,3H2,1-2H3,(H2,15,16,19)/t12-/m0/s1. The van der Waals surface area contributed by atoms with Crippen molar-refractivity contribution in [2.45, 2.75) is 19.9 Å². The van der Waals surface area contributed by atoms with E-state index in [9.17, 15) is 19.7 Å². The summed E-state index contributed by atoms with van der Waals surface area (Å²) >= 11 is 0. The fourth-order valence-electron chi connectivity index (χ4n) is 2.30. The zero-order valence-corrected chi connectivity index (χ0v) is 12.1. The molecule has 8 heteroatoms. The van der Waals surface area contributed by atoms with E-state index in [1.165, 1.54) is 18.2 Å². The van der Waals surface area contributed by atoms with Gasteiger partial charge in [0, 0.05) is 11.8 Å². The van der Waals surface area contributed by atoms with Crippen LogP contribution >= 0.6 is 0 Å². The molecule has 1 atom stereocenters. The van der Waals surface area contributed by atoms with Gasteiger partial charge in [-0.3, -0.25) is 10.1 Å². The van der Waals surface area contributed by atoms with Crippen molar-refractivity contribution in [3.05, 3.63) is 51.2 Å². The third kappa shape index (κ3) is 2.90. The number of nitrogens with one attached hydrogen (secondary N) is 2. The number of para-hydroxylation sites is 1. The van der Waals surface area contributed by atoms with Gasteiger partial charge in [-0.25, -0.2) is 9.59 Å². The minimum absolute atomic E-state index is 0.149. The molecular formula is C14H15N3O5. The second-order valence-electron chi connectivity index (χ2n) is 4.61. The zero-order valence-electron chi connectivity index (χ0n) is 12.1. The number of allylic oxidation sites excluding steroid dienone is 1. The van der Waals surface area contributed by atoms with Crippen molar-refractivity contribution in [1.82, 2.24) is 10.6 Å². The van der Waals surface area contributed by atoms with Gasteiger partial charge in [0.1, 0.15) is 0 Å². The van der Waals surface area contributed by atoms with E-state index in [2.05, 4.69) is 10.6 Å². The van der Waals surface area contributed by atoms with Gasteiger partial charge in [-0.2, -0.15) is 0 Å². The number of esters is 1. The second-order valence-corrected chi connectivity index (χ2v) is 4.61. The third-order valence-electron chi connectivity index (χ3n) is 3.21. The first-order chi connectivity index (χ1) is 10.5. The number of carbonyl (C=O) groups is 2. The second kappa shape index (κ2) is 6.25. The molecule has 0 saturated carbocycles. The van der Waals surface area contributed by atoms with Gasteiger partial charge >= 0.3 is 12.0 Å². The molecule has 8 nitrogen and oxygen atoms in total. The summed E-state index contributed by atoms with van der Waals surface area (Å²) in [4.78, 5) is 34.4. The molecule has 1 aromatic carbocycles. The molecular weight excluding hydrogens is 290 g/mol. The number of nitrogens with zero attached hydrogens (tertiary/aromatic N) is 1. The van der Waals surface area contributed by atoms with Crippen LogP contribution in [0.3, 0.4) is 0 Å². The van der Waals surface area contributed by atoms with E-state index in [-0.39, 0.29) is 23.4 Å². The van der Waals surface area contributed by atoms with Gasteiger partial charge in [-0.05, 0) is 19.9 Å². The first-order valence-electron chi connectivity index (χ1n) is 6.64. The van der Waals surface area contributed by atoms with Crippen LogP contribution in [0.2, 0.25) is 0 Å². The molecule has 0 unspecified atom stereocenters. The molecule has 2 amide bonds. The lowest BCUT2D eigenvalue weighted by molar-refractivity contribution is -0.385. The number of hydrogen-bond donors (Lipinski definition) is 2. The van der Waals surface area contributed by atoms with Gasteiger partial charge in [0.2, 0.25) is 0 Å². The maximum Gasteiger partial charge on any atom is 0.338 e. The highest BCUT2D eigenvalue weighted by molar-refractivity contribution is 5.95. The number of amides is 2. The van der Waals surface area contributed by atoms with Crippen LogP contribution in [0.5, 0.6) is 0 Å². The normalized spacial score (nSPS) is 17.5. The first-order valence-corrected chi connectivity index (χ1v) is 6.64. The number of carbonyl (C=O) groups excluding carboxylic acids is 2. The Morgan fingerprint density at radius 2 is 2.09 bits per heavy atom. The van der Waals surface area contributed by atoms with E-state index >= 15 is 0 Å². The van der Waals surface area contributed by atoms with Crippen LogP contribution in [0.4, 0.5) is 10.5 Å². The molecule has 116 valence electrons. The molecule has 0 fully saturated rings. The van der Waals surface area contributed by atoms with E-state index in [1.807, 2.05) is 0 Å². The van der Waals surface area contributed by atoms with Crippen molar-refractivity contribution in [2.24, 2.45) is 0 Å². The van der Waals surface area contributed by atoms with E-state index in [4.69, 9.17) is 4.74 Å². The molecule has 1 aromatic rings. The van der Waals surface area contributed by atoms with Crippen LogP contribution in [-0.4, -0.2) is 23.5 Å². The largest absolute Gasteiger partial charge is 0.463 e. The van der Waals surface area contributed by atoms with Crippen molar-refractivity contribution >= 4 is 17.7 Å². The molecule has 0 aliphatic carbocycles. The number of urea groups is 1. The summed E-state index contributed by atoms with van der Waals surface area (Å²) in [5, 5.41) is 16.2. The van der Waals surface area contributed by atoms with E-state index in [0.29, 0.717) is 5.70 Å².